The molecule has 3 aromatic rings. The van der Waals surface area contributed by atoms with Crippen LogP contribution >= 0.6 is 0 Å². The van der Waals surface area contributed by atoms with Gasteiger partial charge in [0.05, 0.1) is 28.7 Å². The Bertz CT molecular complexity index is 1500. The summed E-state index contributed by atoms with van der Waals surface area (Å²) in [5, 5.41) is 9.96. The molecule has 3 heterocycles. The van der Waals surface area contributed by atoms with Gasteiger partial charge in [-0.25, -0.2) is 4.98 Å². The number of hydrogen-bond acceptors (Lipinski definition) is 4. The third-order valence-electron chi connectivity index (χ3n) is 6.94. The number of halogens is 2. The van der Waals surface area contributed by atoms with Gasteiger partial charge in [0.1, 0.15) is 11.6 Å². The third kappa shape index (κ3) is 3.18. The van der Waals surface area contributed by atoms with Crippen molar-refractivity contribution in [3.8, 4) is 17.6 Å². The van der Waals surface area contributed by atoms with Gasteiger partial charge >= 0.3 is 6.61 Å². The first-order valence-corrected chi connectivity index (χ1v) is 11.1. The molecule has 1 N–H and O–H groups in total. The van der Waals surface area contributed by atoms with Gasteiger partial charge < -0.3 is 19.3 Å². The molecule has 174 valence electrons. The third-order valence-corrected chi connectivity index (χ3v) is 6.94. The molecule has 2 atom stereocenters. The number of benzene rings is 2. The van der Waals surface area contributed by atoms with E-state index in [0.717, 1.165) is 4.90 Å². The van der Waals surface area contributed by atoms with Crippen LogP contribution in [0.2, 0.25) is 0 Å². The van der Waals surface area contributed by atoms with Gasteiger partial charge in [-0.1, -0.05) is 17.9 Å². The van der Waals surface area contributed by atoms with Crippen molar-refractivity contribution in [2.75, 3.05) is 6.98 Å². The Kier molecular flexibility index (Phi) is 3.84. The molecule has 0 unspecified atom stereocenters. The average Bonchev–Trinajstić information content (AvgIpc) is 3.28. The predicted octanol–water partition coefficient (Wildman–Crippen LogP) is 4.27. The molecule has 1 saturated carbocycles. The van der Waals surface area contributed by atoms with Gasteiger partial charge in [-0.3, -0.25) is 4.79 Å². The number of carbonyl (C=O) groups is 1. The van der Waals surface area contributed by atoms with E-state index in [1.807, 2.05) is 16.7 Å². The zero-order valence-corrected chi connectivity index (χ0v) is 18.3. The second-order valence-corrected chi connectivity index (χ2v) is 9.45. The first-order chi connectivity index (χ1) is 17.4. The maximum absolute atomic E-state index is 13.5. The second kappa shape index (κ2) is 7.28. The molecule has 34 heavy (non-hydrogen) atoms. The molecule has 2 bridgehead atoms. The largest absolute Gasteiger partial charge is 0.434 e. The quantitative estimate of drug-likeness (QED) is 0.573. The molecule has 0 radical (unpaired) electrons. The Labute approximate surface area is 199 Å². The molecular weight excluding hydrogens is 440 g/mol. The number of carbonyl (C=O) groups excluding carboxylic acids is 1. The van der Waals surface area contributed by atoms with Crippen LogP contribution in [0.15, 0.2) is 36.4 Å². The standard InChI is InChI=1S/C26H23F2N3O3/c1-26(33)12-15(13-26)7-6-14-8-9-17-18(10-14)31-19-11-20(23(31)29-17)30(2)24(32)16-4-3-5-21(22(16)19)34-25(27)28/h3-5,8-10,15,19-20,25,33H,11-13H2,1-2H3/t15?,19-,20-,26?/m1/s1/i2D3. The Morgan fingerprint density at radius 1 is 1.29 bits per heavy atom. The van der Waals surface area contributed by atoms with Crippen LogP contribution in [0.1, 0.15) is 69.7 Å². The summed E-state index contributed by atoms with van der Waals surface area (Å²) < 4.78 is 57.5. The molecule has 1 aromatic heterocycles. The maximum atomic E-state index is 13.5. The molecular formula is C26H23F2N3O3. The van der Waals surface area contributed by atoms with E-state index in [9.17, 15) is 18.7 Å². The smallest absolute Gasteiger partial charge is 0.387 e. The summed E-state index contributed by atoms with van der Waals surface area (Å²) in [4.78, 5) is 19.0. The molecule has 3 aliphatic rings. The maximum Gasteiger partial charge on any atom is 0.387 e. The number of aromatic nitrogens is 2. The van der Waals surface area contributed by atoms with E-state index >= 15 is 0 Å². The number of fused-ring (bicyclic) bond motifs is 9. The average molecular weight is 467 g/mol. The van der Waals surface area contributed by atoms with Gasteiger partial charge in [-0.05, 0) is 50.1 Å². The lowest BCUT2D eigenvalue weighted by Gasteiger charge is -2.37. The van der Waals surface area contributed by atoms with Crippen LogP contribution in [0.4, 0.5) is 8.78 Å². The van der Waals surface area contributed by atoms with E-state index in [0.29, 0.717) is 35.3 Å². The molecule has 8 heteroatoms. The SMILES string of the molecule is [2H]C([2H])([2H])N1C(=O)c2cccc(OC(F)F)c2[C@H]2C[C@@H]1c1nc3ccc(C#CC4CC(C)(O)C4)cc3n12. The van der Waals surface area contributed by atoms with Gasteiger partial charge in [0.15, 0.2) is 0 Å². The highest BCUT2D eigenvalue weighted by Crippen LogP contribution is 2.50. The monoisotopic (exact) mass is 466 g/mol. The van der Waals surface area contributed by atoms with E-state index < -0.39 is 37.2 Å². The fourth-order valence-corrected chi connectivity index (χ4v) is 5.48. The van der Waals surface area contributed by atoms with Crippen molar-refractivity contribution in [1.29, 1.82) is 0 Å². The van der Waals surface area contributed by atoms with E-state index in [1.165, 1.54) is 18.2 Å². The second-order valence-electron chi connectivity index (χ2n) is 9.45. The molecule has 6 nitrogen and oxygen atoms in total. The molecule has 1 aliphatic carbocycles. The van der Waals surface area contributed by atoms with Crippen LogP contribution in [0, 0.1) is 17.8 Å². The Morgan fingerprint density at radius 2 is 2.12 bits per heavy atom. The fourth-order valence-electron chi connectivity index (χ4n) is 5.48. The number of aliphatic hydroxyl groups is 1. The van der Waals surface area contributed by atoms with Gasteiger partial charge in [-0.15, -0.1) is 0 Å². The topological polar surface area (TPSA) is 67.6 Å². The minimum Gasteiger partial charge on any atom is -0.434 e. The van der Waals surface area contributed by atoms with Crippen molar-refractivity contribution in [2.24, 2.45) is 5.92 Å². The van der Waals surface area contributed by atoms with Crippen LogP contribution in [-0.2, 0) is 0 Å². The van der Waals surface area contributed by atoms with E-state index in [-0.39, 0.29) is 29.2 Å². The summed E-state index contributed by atoms with van der Waals surface area (Å²) in [5.41, 5.74) is 1.51. The lowest BCUT2D eigenvalue weighted by molar-refractivity contribution is -0.0507. The highest BCUT2D eigenvalue weighted by molar-refractivity contribution is 5.97. The van der Waals surface area contributed by atoms with Crippen LogP contribution < -0.4 is 4.74 Å². The molecule has 2 aromatic carbocycles. The number of nitrogens with zero attached hydrogens (tertiary/aromatic N) is 3. The lowest BCUT2D eigenvalue weighted by Crippen LogP contribution is -2.39. The number of alkyl halides is 2. The van der Waals surface area contributed by atoms with Crippen molar-refractivity contribution in [3.63, 3.8) is 0 Å². The van der Waals surface area contributed by atoms with Crippen molar-refractivity contribution in [1.82, 2.24) is 14.5 Å². The van der Waals surface area contributed by atoms with Gasteiger partial charge in [0, 0.05) is 40.1 Å². The number of ether oxygens (including phenoxy) is 1. The Balaban J connectivity index is 1.52. The molecule has 2 aliphatic heterocycles. The zero-order chi connectivity index (χ0) is 26.3. The summed E-state index contributed by atoms with van der Waals surface area (Å²) in [6.07, 6.45) is 1.37. The fraction of sp³-hybridized carbons (Fsp3) is 0.385. The minimum absolute atomic E-state index is 0.0160. The summed E-state index contributed by atoms with van der Waals surface area (Å²) in [5.74, 6) is 5.86. The van der Waals surface area contributed by atoms with Gasteiger partial charge in [0.2, 0.25) is 0 Å². The van der Waals surface area contributed by atoms with Crippen LogP contribution in [0.3, 0.4) is 0 Å². The van der Waals surface area contributed by atoms with Crippen LogP contribution in [0.25, 0.3) is 11.0 Å². The van der Waals surface area contributed by atoms with Gasteiger partial charge in [0.25, 0.3) is 5.91 Å². The Morgan fingerprint density at radius 3 is 2.85 bits per heavy atom. The first-order valence-electron chi connectivity index (χ1n) is 12.6. The van der Waals surface area contributed by atoms with Crippen molar-refractivity contribution < 1.29 is 27.5 Å². The van der Waals surface area contributed by atoms with E-state index in [1.54, 1.807) is 13.0 Å². The molecule has 1 fully saturated rings. The van der Waals surface area contributed by atoms with E-state index in [2.05, 4.69) is 16.8 Å². The van der Waals surface area contributed by atoms with Crippen LogP contribution in [0.5, 0.6) is 5.75 Å². The summed E-state index contributed by atoms with van der Waals surface area (Å²) in [6, 6.07) is 8.11. The Hall–Kier alpha value is -3.44. The molecule has 0 spiro atoms. The normalized spacial score (nSPS) is 28.7. The molecule has 6 rings (SSSR count). The first kappa shape index (κ1) is 18.0. The number of rotatable bonds is 2. The van der Waals surface area contributed by atoms with Gasteiger partial charge in [-0.2, -0.15) is 8.78 Å². The molecule has 0 saturated heterocycles. The number of amides is 1. The number of imidazole rings is 1. The highest BCUT2D eigenvalue weighted by Gasteiger charge is 2.45. The van der Waals surface area contributed by atoms with Crippen molar-refractivity contribution >= 4 is 16.9 Å². The summed E-state index contributed by atoms with van der Waals surface area (Å²) >= 11 is 0. The van der Waals surface area contributed by atoms with E-state index in [4.69, 9.17) is 8.85 Å². The highest BCUT2D eigenvalue weighted by atomic mass is 19.3. The minimum atomic E-state index is -3.12. The van der Waals surface area contributed by atoms with Crippen molar-refractivity contribution in [3.05, 3.63) is 58.9 Å². The predicted molar refractivity (Wildman–Crippen MR) is 121 cm³/mol. The lowest BCUT2D eigenvalue weighted by atomic mass is 9.72. The molecule has 1 amide bonds. The summed E-state index contributed by atoms with van der Waals surface area (Å²) in [7, 11) is 0. The van der Waals surface area contributed by atoms with Crippen molar-refractivity contribution in [2.45, 2.75) is 50.5 Å². The summed E-state index contributed by atoms with van der Waals surface area (Å²) in [6.45, 7) is -4.11. The zero-order valence-electron chi connectivity index (χ0n) is 21.3. The number of hydrogen-bond donors (Lipinski definition) is 1. The van der Waals surface area contributed by atoms with Crippen LogP contribution in [-0.4, -0.2) is 44.7 Å².